The molecule has 1 saturated heterocycles. The van der Waals surface area contributed by atoms with E-state index >= 15 is 0 Å². The Morgan fingerprint density at radius 1 is 1.28 bits per heavy atom. The predicted octanol–water partition coefficient (Wildman–Crippen LogP) is 3.79. The first-order valence-corrected chi connectivity index (χ1v) is 11.9. The van der Waals surface area contributed by atoms with E-state index in [0.717, 1.165) is 37.3 Å². The summed E-state index contributed by atoms with van der Waals surface area (Å²) in [4.78, 5) is 14.9. The maximum atomic E-state index is 12.7. The van der Waals surface area contributed by atoms with Crippen LogP contribution in [0.4, 0.5) is 0 Å². The summed E-state index contributed by atoms with van der Waals surface area (Å²) in [5.74, 6) is 1.96. The van der Waals surface area contributed by atoms with E-state index in [1.807, 2.05) is 0 Å². The summed E-state index contributed by atoms with van der Waals surface area (Å²) in [6.45, 7) is 6.74. The predicted molar refractivity (Wildman–Crippen MR) is 125 cm³/mol. The van der Waals surface area contributed by atoms with Gasteiger partial charge in [0.2, 0.25) is 5.91 Å². The molecule has 4 rings (SSSR count). The number of nitrogens with one attached hydrogen (secondary N) is 1. The fraction of sp³-hybridized carbons (Fsp3) is 0.731. The smallest absolute Gasteiger partial charge is 0.222 e. The van der Waals surface area contributed by atoms with Crippen LogP contribution in [0.25, 0.3) is 0 Å². The molecule has 1 amide bonds. The van der Waals surface area contributed by atoms with Gasteiger partial charge in [-0.25, -0.2) is 0 Å². The van der Waals surface area contributed by atoms with Gasteiger partial charge in [-0.1, -0.05) is 19.9 Å². The second-order valence-electron chi connectivity index (χ2n) is 10.9. The minimum absolute atomic E-state index is 0.000268. The third-order valence-electron chi connectivity index (χ3n) is 8.44. The van der Waals surface area contributed by atoms with Crippen molar-refractivity contribution in [1.29, 1.82) is 0 Å². The zero-order chi connectivity index (χ0) is 23.1. The van der Waals surface area contributed by atoms with Gasteiger partial charge in [-0.2, -0.15) is 0 Å². The van der Waals surface area contributed by atoms with Crippen LogP contribution in [0.15, 0.2) is 18.2 Å². The van der Waals surface area contributed by atoms with Gasteiger partial charge in [0.15, 0.2) is 0 Å². The van der Waals surface area contributed by atoms with Crippen molar-refractivity contribution in [3.8, 4) is 5.75 Å². The number of fused-ring (bicyclic) bond motifs is 1. The molecule has 178 valence electrons. The molecule has 2 bridgehead atoms. The molecule has 32 heavy (non-hydrogen) atoms. The van der Waals surface area contributed by atoms with E-state index in [-0.39, 0.29) is 28.9 Å². The first-order chi connectivity index (χ1) is 15.2. The average Bonchev–Trinajstić information content (AvgIpc) is 3.24. The van der Waals surface area contributed by atoms with Gasteiger partial charge >= 0.3 is 0 Å². The molecule has 6 heteroatoms. The number of hydrogen-bond donors (Lipinski definition) is 1. The Morgan fingerprint density at radius 3 is 2.75 bits per heavy atom. The van der Waals surface area contributed by atoms with E-state index in [1.165, 1.54) is 12.0 Å². The highest BCUT2D eigenvalue weighted by molar-refractivity contribution is 5.76. The van der Waals surface area contributed by atoms with Crippen LogP contribution in [0.5, 0.6) is 5.75 Å². The van der Waals surface area contributed by atoms with Crippen LogP contribution in [-0.2, 0) is 20.8 Å². The van der Waals surface area contributed by atoms with Crippen LogP contribution in [0, 0.1) is 22.7 Å². The molecular formula is C26H40N2O4. The number of benzene rings is 1. The van der Waals surface area contributed by atoms with Crippen LogP contribution in [0.3, 0.4) is 0 Å². The van der Waals surface area contributed by atoms with Crippen LogP contribution in [0.2, 0.25) is 0 Å². The number of carbonyl (C=O) groups excluding carboxylic acids is 1. The van der Waals surface area contributed by atoms with E-state index in [2.05, 4.69) is 56.4 Å². The van der Waals surface area contributed by atoms with E-state index in [4.69, 9.17) is 14.2 Å². The van der Waals surface area contributed by atoms with Crippen LogP contribution >= 0.6 is 0 Å². The van der Waals surface area contributed by atoms with Crippen molar-refractivity contribution in [2.24, 2.45) is 22.7 Å². The molecule has 1 spiro atoms. The molecule has 1 aromatic carbocycles. The molecule has 3 aliphatic rings. The van der Waals surface area contributed by atoms with Crippen molar-refractivity contribution in [1.82, 2.24) is 10.2 Å². The molecule has 0 radical (unpaired) electrons. The second kappa shape index (κ2) is 8.96. The normalized spacial score (nSPS) is 32.7. The number of amides is 1. The van der Waals surface area contributed by atoms with Crippen LogP contribution in [0.1, 0.15) is 56.8 Å². The van der Waals surface area contributed by atoms with Crippen molar-refractivity contribution < 1.29 is 19.0 Å². The number of ether oxygens (including phenoxy) is 3. The average molecular weight is 445 g/mol. The summed E-state index contributed by atoms with van der Waals surface area (Å²) in [7, 11) is 7.56. The molecule has 6 nitrogen and oxygen atoms in total. The van der Waals surface area contributed by atoms with Crippen molar-refractivity contribution in [3.05, 3.63) is 29.3 Å². The Morgan fingerprint density at radius 2 is 2.06 bits per heavy atom. The lowest BCUT2D eigenvalue weighted by molar-refractivity contribution is -0.138. The molecule has 0 aromatic heterocycles. The SMILES string of the molecule is COCCC(=O)N[C@H]1C(C)(C)[C@@H]2C[C@@H]3[C@@H](c4cc(CN(C)C)ccc4OC)OCCC31C2. The number of nitrogens with zero attached hydrogens (tertiary/aromatic N) is 1. The Kier molecular flexibility index (Phi) is 6.59. The van der Waals surface area contributed by atoms with Gasteiger partial charge in [-0.15, -0.1) is 0 Å². The van der Waals surface area contributed by atoms with Crippen LogP contribution in [-0.4, -0.2) is 58.4 Å². The lowest BCUT2D eigenvalue weighted by Crippen LogP contribution is -2.59. The third-order valence-corrected chi connectivity index (χ3v) is 8.44. The summed E-state index contributed by atoms with van der Waals surface area (Å²) >= 11 is 0. The van der Waals surface area contributed by atoms with E-state index < -0.39 is 0 Å². The van der Waals surface area contributed by atoms with Crippen molar-refractivity contribution in [2.45, 2.75) is 58.2 Å². The maximum absolute atomic E-state index is 12.7. The lowest BCUT2D eigenvalue weighted by atomic mass is 9.58. The minimum Gasteiger partial charge on any atom is -0.496 e. The highest BCUT2D eigenvalue weighted by Crippen LogP contribution is 2.70. The summed E-state index contributed by atoms with van der Waals surface area (Å²) in [5, 5.41) is 3.45. The molecule has 1 heterocycles. The Labute approximate surface area is 193 Å². The Balaban J connectivity index is 1.66. The van der Waals surface area contributed by atoms with E-state index in [0.29, 0.717) is 24.9 Å². The fourth-order valence-corrected chi connectivity index (χ4v) is 6.99. The topological polar surface area (TPSA) is 60.0 Å². The number of rotatable bonds is 8. The first kappa shape index (κ1) is 23.5. The number of hydrogen-bond acceptors (Lipinski definition) is 5. The summed E-state index contributed by atoms with van der Waals surface area (Å²) in [6, 6.07) is 6.65. The van der Waals surface area contributed by atoms with Crippen LogP contribution < -0.4 is 10.1 Å². The van der Waals surface area contributed by atoms with Gasteiger partial charge in [-0.05, 0) is 73.7 Å². The third kappa shape index (κ3) is 3.95. The quantitative estimate of drug-likeness (QED) is 0.661. The van der Waals surface area contributed by atoms with E-state index in [1.54, 1.807) is 14.2 Å². The molecular weight excluding hydrogens is 404 g/mol. The molecule has 5 atom stereocenters. The molecule has 1 N–H and O–H groups in total. The maximum Gasteiger partial charge on any atom is 0.222 e. The van der Waals surface area contributed by atoms with Crippen molar-refractivity contribution >= 4 is 5.91 Å². The van der Waals surface area contributed by atoms with E-state index in [9.17, 15) is 4.79 Å². The number of carbonyl (C=O) groups is 1. The molecule has 1 aliphatic heterocycles. The summed E-state index contributed by atoms with van der Waals surface area (Å²) in [5.41, 5.74) is 2.58. The van der Waals surface area contributed by atoms with Gasteiger partial charge in [0.1, 0.15) is 5.75 Å². The monoisotopic (exact) mass is 444 g/mol. The van der Waals surface area contributed by atoms with Gasteiger partial charge in [0.05, 0.1) is 19.8 Å². The molecule has 1 aromatic rings. The Bertz CT molecular complexity index is 839. The van der Waals surface area contributed by atoms with Gasteiger partial charge in [0, 0.05) is 38.3 Å². The molecule has 2 saturated carbocycles. The van der Waals surface area contributed by atoms with Gasteiger partial charge in [-0.3, -0.25) is 4.79 Å². The Hall–Kier alpha value is -1.63. The minimum atomic E-state index is 0.000268. The highest BCUT2D eigenvalue weighted by atomic mass is 16.5. The second-order valence-corrected chi connectivity index (χ2v) is 10.9. The van der Waals surface area contributed by atoms with Gasteiger partial charge in [0.25, 0.3) is 0 Å². The fourth-order valence-electron chi connectivity index (χ4n) is 6.99. The zero-order valence-corrected chi connectivity index (χ0v) is 20.6. The number of methoxy groups -OCH3 is 2. The molecule has 1 unspecified atom stereocenters. The van der Waals surface area contributed by atoms with Crippen molar-refractivity contribution in [2.75, 3.05) is 41.5 Å². The van der Waals surface area contributed by atoms with Gasteiger partial charge < -0.3 is 24.4 Å². The standard InChI is InChI=1S/C26H40N2O4/c1-25(2)18-14-20-23(19-13-17(16-28(3)4)7-8-21(19)31-6)32-12-10-26(20,15-18)24(25)27-22(29)9-11-30-5/h7-8,13,18,20,23-24H,9-12,14-16H2,1-6H3,(H,27,29)/t18-,20-,23-,24+,26?/m1/s1. The first-order valence-electron chi connectivity index (χ1n) is 11.9. The highest BCUT2D eigenvalue weighted by Gasteiger charge is 2.68. The summed E-state index contributed by atoms with van der Waals surface area (Å²) < 4.78 is 17.4. The lowest BCUT2D eigenvalue weighted by Gasteiger charge is -2.53. The largest absolute Gasteiger partial charge is 0.496 e. The zero-order valence-electron chi connectivity index (χ0n) is 20.6. The molecule has 3 fully saturated rings. The van der Waals surface area contributed by atoms with Crippen molar-refractivity contribution in [3.63, 3.8) is 0 Å². The molecule has 2 aliphatic carbocycles. The summed E-state index contributed by atoms with van der Waals surface area (Å²) in [6.07, 6.45) is 3.72.